The molecular weight excluding hydrogens is 579 g/mol. The minimum absolute atomic E-state index is 0.0329. The smallest absolute Gasteiger partial charge is 0.0618 e. The first-order valence-corrected chi connectivity index (χ1v) is 16.6. The molecule has 0 aliphatic rings. The van der Waals surface area contributed by atoms with Crippen molar-refractivity contribution in [1.82, 2.24) is 0 Å². The second-order valence-corrected chi connectivity index (χ2v) is 12.5. The molecular formula is C47H33N. The fourth-order valence-electron chi connectivity index (χ4n) is 7.55. The zero-order valence-electron chi connectivity index (χ0n) is 26.5. The van der Waals surface area contributed by atoms with Gasteiger partial charge in [-0.15, -0.1) is 0 Å². The quantitative estimate of drug-likeness (QED) is 0.134. The molecule has 0 radical (unpaired) electrons. The molecule has 1 atom stereocenters. The predicted molar refractivity (Wildman–Crippen MR) is 205 cm³/mol. The van der Waals surface area contributed by atoms with Crippen molar-refractivity contribution in [3.8, 4) is 0 Å². The molecule has 1 heteroatoms. The maximum atomic E-state index is 2.45. The van der Waals surface area contributed by atoms with Crippen molar-refractivity contribution in [2.45, 2.75) is 5.92 Å². The second-order valence-electron chi connectivity index (χ2n) is 12.5. The molecule has 0 saturated carbocycles. The average molecular weight is 612 g/mol. The summed E-state index contributed by atoms with van der Waals surface area (Å²) in [7, 11) is 0. The molecule has 0 N–H and O–H groups in total. The van der Waals surface area contributed by atoms with E-state index < -0.39 is 0 Å². The third-order valence-corrected chi connectivity index (χ3v) is 9.70. The number of para-hydroxylation sites is 1. The topological polar surface area (TPSA) is 3.24 Å². The van der Waals surface area contributed by atoms with Crippen molar-refractivity contribution >= 4 is 60.2 Å². The van der Waals surface area contributed by atoms with E-state index in [1.54, 1.807) is 0 Å². The van der Waals surface area contributed by atoms with E-state index in [2.05, 4.69) is 199 Å². The highest BCUT2D eigenvalue weighted by atomic mass is 15.1. The zero-order chi connectivity index (χ0) is 31.9. The van der Waals surface area contributed by atoms with E-state index in [-0.39, 0.29) is 5.92 Å². The highest BCUT2D eigenvalue weighted by Gasteiger charge is 2.27. The summed E-state index contributed by atoms with van der Waals surface area (Å²) in [4.78, 5) is 2.45. The van der Waals surface area contributed by atoms with Crippen LogP contribution in [0.2, 0.25) is 0 Å². The Morgan fingerprint density at radius 3 is 1.42 bits per heavy atom. The summed E-state index contributed by atoms with van der Waals surface area (Å²) in [5, 5.41) is 9.95. The lowest BCUT2D eigenvalue weighted by atomic mass is 9.79. The molecule has 9 aromatic carbocycles. The van der Waals surface area contributed by atoms with Gasteiger partial charge in [-0.2, -0.15) is 0 Å². The van der Waals surface area contributed by atoms with E-state index >= 15 is 0 Å². The van der Waals surface area contributed by atoms with Gasteiger partial charge in [-0.05, 0) is 73.3 Å². The molecule has 0 fully saturated rings. The molecule has 0 saturated heterocycles. The lowest BCUT2D eigenvalue weighted by molar-refractivity contribution is 1.00. The zero-order valence-corrected chi connectivity index (χ0v) is 26.5. The summed E-state index contributed by atoms with van der Waals surface area (Å²) in [5.74, 6) is 0.0329. The van der Waals surface area contributed by atoms with Crippen LogP contribution in [-0.2, 0) is 0 Å². The molecule has 1 nitrogen and oxygen atoms in total. The molecule has 0 aromatic heterocycles. The first-order valence-electron chi connectivity index (χ1n) is 16.6. The number of hydrogen-bond acceptors (Lipinski definition) is 1. The van der Waals surface area contributed by atoms with Gasteiger partial charge in [-0.25, -0.2) is 0 Å². The molecule has 0 amide bonds. The maximum absolute atomic E-state index is 2.45. The van der Waals surface area contributed by atoms with E-state index in [0.29, 0.717) is 0 Å². The minimum atomic E-state index is 0.0329. The number of nitrogens with zero attached hydrogens (tertiary/aromatic N) is 1. The SMILES string of the molecule is c1ccc(C(c2ccc3ccccc3c2)c2c3ccccc3c(N(c3ccccc3)c3ccc4ccccc4c3)c3ccccc23)cc1. The van der Waals surface area contributed by atoms with Gasteiger partial charge in [0.25, 0.3) is 0 Å². The standard InChI is InChI=1S/C47H33N/c1-3-17-35(18-4-1)45(38-28-27-33-15-7-9-19-36(33)31-38)46-41-23-11-13-25-43(41)47(44-26-14-12-24-42(44)46)48(39-21-5-2-6-22-39)40-30-29-34-16-8-10-20-37(34)32-40/h1-32,45H. The van der Waals surface area contributed by atoms with Crippen molar-refractivity contribution in [3.05, 3.63) is 211 Å². The molecule has 0 bridgehead atoms. The Morgan fingerprint density at radius 1 is 0.312 bits per heavy atom. The number of fused-ring (bicyclic) bond motifs is 4. The highest BCUT2D eigenvalue weighted by molar-refractivity contribution is 6.17. The lowest BCUT2D eigenvalue weighted by Crippen LogP contribution is -2.13. The largest absolute Gasteiger partial charge is 0.309 e. The fraction of sp³-hybridized carbons (Fsp3) is 0.0213. The van der Waals surface area contributed by atoms with Gasteiger partial charge in [-0.1, -0.05) is 170 Å². The molecule has 226 valence electrons. The molecule has 0 heterocycles. The third-order valence-electron chi connectivity index (χ3n) is 9.70. The Hall–Kier alpha value is -6.18. The average Bonchev–Trinajstić information content (AvgIpc) is 3.16. The summed E-state index contributed by atoms with van der Waals surface area (Å²) in [5.41, 5.74) is 7.36. The van der Waals surface area contributed by atoms with Gasteiger partial charge in [0.2, 0.25) is 0 Å². The predicted octanol–water partition coefficient (Wildman–Crippen LogP) is 12.9. The van der Waals surface area contributed by atoms with E-state index in [1.165, 1.54) is 65.5 Å². The Kier molecular flexibility index (Phi) is 6.95. The molecule has 0 aliphatic carbocycles. The number of hydrogen-bond donors (Lipinski definition) is 0. The van der Waals surface area contributed by atoms with E-state index in [4.69, 9.17) is 0 Å². The van der Waals surface area contributed by atoms with Crippen molar-refractivity contribution in [2.24, 2.45) is 0 Å². The first kappa shape index (κ1) is 28.1. The minimum Gasteiger partial charge on any atom is -0.309 e. The lowest BCUT2D eigenvalue weighted by Gasteiger charge is -2.31. The van der Waals surface area contributed by atoms with Crippen molar-refractivity contribution in [3.63, 3.8) is 0 Å². The van der Waals surface area contributed by atoms with Gasteiger partial charge in [0.1, 0.15) is 0 Å². The van der Waals surface area contributed by atoms with Crippen LogP contribution in [0, 0.1) is 0 Å². The van der Waals surface area contributed by atoms with Gasteiger partial charge >= 0.3 is 0 Å². The van der Waals surface area contributed by atoms with Crippen LogP contribution in [0.15, 0.2) is 194 Å². The molecule has 9 aromatic rings. The summed E-state index contributed by atoms with van der Waals surface area (Å²) in [6, 6.07) is 70.9. The Morgan fingerprint density at radius 2 is 0.792 bits per heavy atom. The Balaban J connectivity index is 1.39. The maximum Gasteiger partial charge on any atom is 0.0618 e. The number of anilines is 3. The van der Waals surface area contributed by atoms with Crippen LogP contribution < -0.4 is 4.90 Å². The number of rotatable bonds is 6. The van der Waals surface area contributed by atoms with Crippen LogP contribution in [-0.4, -0.2) is 0 Å². The van der Waals surface area contributed by atoms with E-state index in [9.17, 15) is 0 Å². The fourth-order valence-corrected chi connectivity index (χ4v) is 7.55. The van der Waals surface area contributed by atoms with Crippen LogP contribution in [0.5, 0.6) is 0 Å². The van der Waals surface area contributed by atoms with Crippen molar-refractivity contribution in [2.75, 3.05) is 4.90 Å². The van der Waals surface area contributed by atoms with Crippen molar-refractivity contribution < 1.29 is 0 Å². The van der Waals surface area contributed by atoms with Gasteiger partial charge in [0, 0.05) is 28.1 Å². The van der Waals surface area contributed by atoms with Crippen LogP contribution in [0.3, 0.4) is 0 Å². The van der Waals surface area contributed by atoms with Crippen LogP contribution in [0.4, 0.5) is 17.1 Å². The third kappa shape index (κ3) is 4.80. The first-order chi connectivity index (χ1) is 23.8. The van der Waals surface area contributed by atoms with Crippen molar-refractivity contribution in [1.29, 1.82) is 0 Å². The monoisotopic (exact) mass is 611 g/mol. The summed E-state index contributed by atoms with van der Waals surface area (Å²) >= 11 is 0. The van der Waals surface area contributed by atoms with Crippen LogP contribution in [0.25, 0.3) is 43.1 Å². The molecule has 0 aliphatic heterocycles. The van der Waals surface area contributed by atoms with Gasteiger partial charge in [0.15, 0.2) is 0 Å². The van der Waals surface area contributed by atoms with Crippen LogP contribution in [0.1, 0.15) is 22.6 Å². The Labute approximate surface area is 281 Å². The van der Waals surface area contributed by atoms with Crippen LogP contribution >= 0.6 is 0 Å². The van der Waals surface area contributed by atoms with E-state index in [0.717, 1.165) is 11.4 Å². The molecule has 0 spiro atoms. The summed E-state index contributed by atoms with van der Waals surface area (Å²) in [6.07, 6.45) is 0. The van der Waals surface area contributed by atoms with Gasteiger partial charge < -0.3 is 4.90 Å². The molecule has 1 unspecified atom stereocenters. The van der Waals surface area contributed by atoms with Gasteiger partial charge in [-0.3, -0.25) is 0 Å². The van der Waals surface area contributed by atoms with Gasteiger partial charge in [0.05, 0.1) is 5.69 Å². The summed E-state index contributed by atoms with van der Waals surface area (Å²) < 4.78 is 0. The Bertz CT molecular complexity index is 2330. The molecule has 48 heavy (non-hydrogen) atoms. The normalized spacial score (nSPS) is 12.1. The molecule has 9 rings (SSSR count). The second kappa shape index (κ2) is 11.9. The number of benzene rings is 9. The van der Waals surface area contributed by atoms with E-state index in [1.807, 2.05) is 0 Å². The highest BCUT2D eigenvalue weighted by Crippen LogP contribution is 2.49. The summed E-state index contributed by atoms with van der Waals surface area (Å²) in [6.45, 7) is 0.